The van der Waals surface area contributed by atoms with Crippen molar-refractivity contribution in [1.82, 2.24) is 10.6 Å². The molecule has 0 aromatic rings. The van der Waals surface area contributed by atoms with Gasteiger partial charge in [-0.25, -0.2) is 0 Å². The Morgan fingerprint density at radius 3 is 2.43 bits per heavy atom. The van der Waals surface area contributed by atoms with Crippen LogP contribution in [-0.4, -0.2) is 36.1 Å². The summed E-state index contributed by atoms with van der Waals surface area (Å²) >= 11 is 0. The van der Waals surface area contributed by atoms with E-state index in [2.05, 4.69) is 24.5 Å². The Balaban J connectivity index is 2.09. The first-order chi connectivity index (χ1) is 9.89. The van der Waals surface area contributed by atoms with Gasteiger partial charge in [-0.3, -0.25) is 9.59 Å². The standard InChI is InChI=1S/C16H30N2O3/c1-16(2,9-8-15(20)21)10-11-17-12-14(19)18-13-6-4-3-5-7-13/h13,17H,3-12H2,1-2H3,(H,18,19)(H,20,21). The van der Waals surface area contributed by atoms with Gasteiger partial charge in [-0.05, 0) is 37.6 Å². The van der Waals surface area contributed by atoms with Crippen molar-refractivity contribution in [2.75, 3.05) is 13.1 Å². The van der Waals surface area contributed by atoms with E-state index in [4.69, 9.17) is 5.11 Å². The quantitative estimate of drug-likeness (QED) is 0.571. The van der Waals surface area contributed by atoms with E-state index in [1.165, 1.54) is 19.3 Å². The number of carbonyl (C=O) groups excluding carboxylic acids is 1. The Hall–Kier alpha value is -1.10. The number of carboxylic acid groups (broad SMARTS) is 1. The van der Waals surface area contributed by atoms with Crippen molar-refractivity contribution in [2.24, 2.45) is 5.41 Å². The fourth-order valence-electron chi connectivity index (χ4n) is 2.72. The maximum Gasteiger partial charge on any atom is 0.303 e. The second kappa shape index (κ2) is 9.03. The van der Waals surface area contributed by atoms with Crippen LogP contribution in [0, 0.1) is 5.41 Å². The van der Waals surface area contributed by atoms with Gasteiger partial charge in [0, 0.05) is 12.5 Å². The summed E-state index contributed by atoms with van der Waals surface area (Å²) < 4.78 is 0. The SMILES string of the molecule is CC(C)(CCNCC(=O)NC1CCCCC1)CCC(=O)O. The average molecular weight is 298 g/mol. The van der Waals surface area contributed by atoms with E-state index in [-0.39, 0.29) is 17.7 Å². The van der Waals surface area contributed by atoms with Crippen LogP contribution in [0.15, 0.2) is 0 Å². The van der Waals surface area contributed by atoms with E-state index in [0.717, 1.165) is 25.8 Å². The maximum atomic E-state index is 11.8. The Morgan fingerprint density at radius 1 is 1.14 bits per heavy atom. The predicted octanol–water partition coefficient (Wildman–Crippen LogP) is 2.31. The lowest BCUT2D eigenvalue weighted by molar-refractivity contribution is -0.137. The lowest BCUT2D eigenvalue weighted by Gasteiger charge is -2.24. The van der Waals surface area contributed by atoms with Gasteiger partial charge in [0.1, 0.15) is 0 Å². The molecule has 0 aromatic carbocycles. The van der Waals surface area contributed by atoms with Crippen LogP contribution in [0.3, 0.4) is 0 Å². The number of carboxylic acids is 1. The molecule has 0 saturated heterocycles. The van der Waals surface area contributed by atoms with Gasteiger partial charge >= 0.3 is 5.97 Å². The van der Waals surface area contributed by atoms with Crippen LogP contribution in [0.5, 0.6) is 0 Å². The highest BCUT2D eigenvalue weighted by Crippen LogP contribution is 2.25. The first kappa shape index (κ1) is 18.0. The minimum Gasteiger partial charge on any atom is -0.481 e. The summed E-state index contributed by atoms with van der Waals surface area (Å²) in [6.07, 6.45) is 7.68. The Morgan fingerprint density at radius 2 is 1.81 bits per heavy atom. The second-order valence-electron chi connectivity index (χ2n) is 6.89. The summed E-state index contributed by atoms with van der Waals surface area (Å²) in [6, 6.07) is 0.361. The molecule has 5 heteroatoms. The lowest BCUT2D eigenvalue weighted by atomic mass is 9.84. The van der Waals surface area contributed by atoms with Crippen LogP contribution in [0.1, 0.15) is 65.2 Å². The minimum absolute atomic E-state index is 0.00869. The Labute approximate surface area is 127 Å². The normalized spacial score (nSPS) is 16.7. The van der Waals surface area contributed by atoms with E-state index in [1.807, 2.05) is 0 Å². The molecule has 0 aromatic heterocycles. The molecule has 0 aliphatic heterocycles. The monoisotopic (exact) mass is 298 g/mol. The number of hydrogen-bond acceptors (Lipinski definition) is 3. The number of rotatable bonds is 9. The van der Waals surface area contributed by atoms with Gasteiger partial charge in [-0.2, -0.15) is 0 Å². The summed E-state index contributed by atoms with van der Waals surface area (Å²) in [7, 11) is 0. The van der Waals surface area contributed by atoms with Crippen LogP contribution in [0.2, 0.25) is 0 Å². The Kier molecular flexibility index (Phi) is 7.72. The summed E-state index contributed by atoms with van der Waals surface area (Å²) in [4.78, 5) is 22.4. The number of carbonyl (C=O) groups is 2. The van der Waals surface area contributed by atoms with Crippen LogP contribution < -0.4 is 10.6 Å². The first-order valence-corrected chi connectivity index (χ1v) is 8.11. The van der Waals surface area contributed by atoms with E-state index in [1.54, 1.807) is 0 Å². The van der Waals surface area contributed by atoms with Crippen molar-refractivity contribution in [2.45, 2.75) is 71.3 Å². The van der Waals surface area contributed by atoms with Crippen molar-refractivity contribution >= 4 is 11.9 Å². The highest BCUT2D eigenvalue weighted by molar-refractivity contribution is 5.78. The average Bonchev–Trinajstić information content (AvgIpc) is 2.43. The van der Waals surface area contributed by atoms with E-state index in [0.29, 0.717) is 19.0 Å². The maximum absolute atomic E-state index is 11.8. The fourth-order valence-corrected chi connectivity index (χ4v) is 2.72. The third-order valence-electron chi connectivity index (χ3n) is 4.25. The highest BCUT2D eigenvalue weighted by atomic mass is 16.4. The summed E-state index contributed by atoms with van der Waals surface area (Å²) in [6.45, 7) is 5.23. The fraction of sp³-hybridized carbons (Fsp3) is 0.875. The molecule has 0 atom stereocenters. The van der Waals surface area contributed by atoms with Gasteiger partial charge in [-0.15, -0.1) is 0 Å². The molecular weight excluding hydrogens is 268 g/mol. The van der Waals surface area contributed by atoms with E-state index < -0.39 is 5.97 Å². The van der Waals surface area contributed by atoms with Crippen molar-refractivity contribution in [3.63, 3.8) is 0 Å². The van der Waals surface area contributed by atoms with Gasteiger partial charge in [0.2, 0.25) is 5.91 Å². The van der Waals surface area contributed by atoms with Crippen LogP contribution in [-0.2, 0) is 9.59 Å². The topological polar surface area (TPSA) is 78.4 Å². The first-order valence-electron chi connectivity index (χ1n) is 8.11. The van der Waals surface area contributed by atoms with Crippen molar-refractivity contribution in [1.29, 1.82) is 0 Å². The minimum atomic E-state index is -0.747. The molecule has 1 rings (SSSR count). The Bertz CT molecular complexity index is 336. The molecule has 1 aliphatic rings. The molecule has 0 heterocycles. The van der Waals surface area contributed by atoms with Crippen LogP contribution >= 0.6 is 0 Å². The third kappa shape index (κ3) is 8.71. The van der Waals surface area contributed by atoms with Gasteiger partial charge < -0.3 is 15.7 Å². The zero-order chi connectivity index (χ0) is 15.7. The van der Waals surface area contributed by atoms with Gasteiger partial charge in [0.25, 0.3) is 0 Å². The second-order valence-corrected chi connectivity index (χ2v) is 6.89. The molecule has 5 nitrogen and oxygen atoms in total. The molecule has 1 saturated carbocycles. The molecule has 1 amide bonds. The van der Waals surface area contributed by atoms with Gasteiger partial charge in [-0.1, -0.05) is 33.1 Å². The van der Waals surface area contributed by atoms with E-state index >= 15 is 0 Å². The molecule has 1 aliphatic carbocycles. The van der Waals surface area contributed by atoms with Crippen molar-refractivity contribution in [3.05, 3.63) is 0 Å². The third-order valence-corrected chi connectivity index (χ3v) is 4.25. The van der Waals surface area contributed by atoms with Crippen molar-refractivity contribution in [3.8, 4) is 0 Å². The molecule has 122 valence electrons. The van der Waals surface area contributed by atoms with E-state index in [9.17, 15) is 9.59 Å². The summed E-state index contributed by atoms with van der Waals surface area (Å²) in [5.74, 6) is -0.673. The zero-order valence-corrected chi connectivity index (χ0v) is 13.4. The number of hydrogen-bond donors (Lipinski definition) is 3. The predicted molar refractivity (Wildman–Crippen MR) is 83.2 cm³/mol. The largest absolute Gasteiger partial charge is 0.481 e. The van der Waals surface area contributed by atoms with Gasteiger partial charge in [0.15, 0.2) is 0 Å². The molecule has 0 bridgehead atoms. The lowest BCUT2D eigenvalue weighted by Crippen LogP contribution is -2.41. The number of nitrogens with one attached hydrogen (secondary N) is 2. The molecule has 3 N–H and O–H groups in total. The zero-order valence-electron chi connectivity index (χ0n) is 13.4. The molecule has 0 spiro atoms. The smallest absolute Gasteiger partial charge is 0.303 e. The molecule has 0 unspecified atom stereocenters. The summed E-state index contributed by atoms with van der Waals surface area (Å²) in [5, 5.41) is 14.9. The summed E-state index contributed by atoms with van der Waals surface area (Å²) in [5.41, 5.74) is -0.00869. The number of aliphatic carboxylic acids is 1. The van der Waals surface area contributed by atoms with Crippen LogP contribution in [0.25, 0.3) is 0 Å². The highest BCUT2D eigenvalue weighted by Gasteiger charge is 2.19. The number of amides is 1. The molecule has 21 heavy (non-hydrogen) atoms. The molecule has 1 fully saturated rings. The van der Waals surface area contributed by atoms with Crippen molar-refractivity contribution < 1.29 is 14.7 Å². The van der Waals surface area contributed by atoms with Gasteiger partial charge in [0.05, 0.1) is 6.54 Å². The van der Waals surface area contributed by atoms with Crippen LogP contribution in [0.4, 0.5) is 0 Å². The molecular formula is C16H30N2O3. The molecule has 0 radical (unpaired) electrons.